The number of anilines is 1. The first-order valence-electron chi connectivity index (χ1n) is 4.30. The quantitative estimate of drug-likeness (QED) is 0.820. The fraction of sp³-hybridized carbons (Fsp3) is 0. The first kappa shape index (κ1) is 10.4. The fourth-order valence-corrected chi connectivity index (χ4v) is 1.40. The van der Waals surface area contributed by atoms with Gasteiger partial charge in [0.1, 0.15) is 5.69 Å². The van der Waals surface area contributed by atoms with Gasteiger partial charge >= 0.3 is 5.97 Å². The molecule has 0 fully saturated rings. The maximum atomic E-state index is 10.7. The molecule has 16 heavy (non-hydrogen) atoms. The molecule has 0 unspecified atom stereocenters. The zero-order chi connectivity index (χ0) is 11.7. The van der Waals surface area contributed by atoms with Crippen molar-refractivity contribution in [2.45, 2.75) is 0 Å². The van der Waals surface area contributed by atoms with Crippen molar-refractivity contribution in [3.63, 3.8) is 0 Å². The van der Waals surface area contributed by atoms with Crippen LogP contribution in [-0.4, -0.2) is 26.1 Å². The Morgan fingerprint density at radius 2 is 2.06 bits per heavy atom. The van der Waals surface area contributed by atoms with Crippen LogP contribution in [0.2, 0.25) is 5.02 Å². The van der Waals surface area contributed by atoms with Crippen LogP contribution in [0.4, 0.5) is 5.82 Å². The minimum atomic E-state index is -1.23. The van der Waals surface area contributed by atoms with Crippen LogP contribution in [0, 0.1) is 0 Å². The van der Waals surface area contributed by atoms with E-state index in [1.165, 1.54) is 0 Å². The lowest BCUT2D eigenvalue weighted by molar-refractivity contribution is 0.0691. The van der Waals surface area contributed by atoms with Crippen molar-refractivity contribution in [1.82, 2.24) is 15.0 Å². The molecule has 2 rings (SSSR count). The van der Waals surface area contributed by atoms with Gasteiger partial charge in [-0.3, -0.25) is 0 Å². The summed E-state index contributed by atoms with van der Waals surface area (Å²) in [5.41, 5.74) is 5.59. The van der Waals surface area contributed by atoms with Crippen molar-refractivity contribution in [3.8, 4) is 5.69 Å². The number of nitrogens with two attached hydrogens (primary N) is 1. The van der Waals surface area contributed by atoms with Gasteiger partial charge in [-0.1, -0.05) is 23.7 Å². The highest BCUT2D eigenvalue weighted by Crippen LogP contribution is 2.19. The second kappa shape index (κ2) is 3.82. The number of carbonyl (C=O) groups is 1. The van der Waals surface area contributed by atoms with Crippen molar-refractivity contribution in [1.29, 1.82) is 0 Å². The molecule has 0 aliphatic rings. The van der Waals surface area contributed by atoms with Gasteiger partial charge in [0, 0.05) is 0 Å². The highest BCUT2D eigenvalue weighted by Gasteiger charge is 2.16. The summed E-state index contributed by atoms with van der Waals surface area (Å²) in [6, 6.07) is 6.79. The molecule has 0 aliphatic heterocycles. The molecule has 0 spiro atoms. The minimum Gasteiger partial charge on any atom is -0.476 e. The SMILES string of the molecule is Nc1nn(-c2ccccc2Cl)nc1C(=O)O. The minimum absolute atomic E-state index is 0.146. The maximum absolute atomic E-state index is 10.7. The Kier molecular flexibility index (Phi) is 2.49. The average Bonchev–Trinajstić information content (AvgIpc) is 2.61. The lowest BCUT2D eigenvalue weighted by atomic mass is 10.3. The molecular weight excluding hydrogens is 232 g/mol. The van der Waals surface area contributed by atoms with E-state index < -0.39 is 5.97 Å². The first-order valence-corrected chi connectivity index (χ1v) is 4.68. The second-order valence-corrected chi connectivity index (χ2v) is 3.39. The van der Waals surface area contributed by atoms with E-state index >= 15 is 0 Å². The van der Waals surface area contributed by atoms with E-state index in [0.717, 1.165) is 4.80 Å². The third-order valence-corrected chi connectivity index (χ3v) is 2.23. The van der Waals surface area contributed by atoms with Crippen LogP contribution >= 0.6 is 11.6 Å². The number of hydrogen-bond donors (Lipinski definition) is 2. The van der Waals surface area contributed by atoms with Crippen molar-refractivity contribution < 1.29 is 9.90 Å². The van der Waals surface area contributed by atoms with E-state index in [4.69, 9.17) is 22.4 Å². The number of nitrogens with zero attached hydrogens (tertiary/aromatic N) is 3. The summed E-state index contributed by atoms with van der Waals surface area (Å²) in [5.74, 6) is -1.37. The maximum Gasteiger partial charge on any atom is 0.360 e. The number of aromatic nitrogens is 3. The van der Waals surface area contributed by atoms with Crippen LogP contribution in [0.1, 0.15) is 10.5 Å². The van der Waals surface area contributed by atoms with Crippen molar-refractivity contribution in [2.75, 3.05) is 5.73 Å². The zero-order valence-electron chi connectivity index (χ0n) is 7.96. The Morgan fingerprint density at radius 3 is 2.62 bits per heavy atom. The Balaban J connectivity index is 2.54. The van der Waals surface area contributed by atoms with Crippen LogP contribution < -0.4 is 5.73 Å². The molecule has 1 heterocycles. The molecule has 0 saturated heterocycles. The van der Waals surface area contributed by atoms with Gasteiger partial charge in [0.25, 0.3) is 0 Å². The summed E-state index contributed by atoms with van der Waals surface area (Å²) >= 11 is 5.91. The first-order chi connectivity index (χ1) is 7.59. The molecule has 1 aromatic carbocycles. The highest BCUT2D eigenvalue weighted by atomic mass is 35.5. The van der Waals surface area contributed by atoms with Crippen LogP contribution in [-0.2, 0) is 0 Å². The molecule has 3 N–H and O–H groups in total. The van der Waals surface area contributed by atoms with Crippen LogP contribution in [0.3, 0.4) is 0 Å². The zero-order valence-corrected chi connectivity index (χ0v) is 8.72. The molecule has 0 aliphatic carbocycles. The molecular formula is C9H7ClN4O2. The predicted octanol–water partition coefficient (Wildman–Crippen LogP) is 1.20. The average molecular weight is 239 g/mol. The largest absolute Gasteiger partial charge is 0.476 e. The van der Waals surface area contributed by atoms with Crippen molar-refractivity contribution in [2.24, 2.45) is 0 Å². The van der Waals surface area contributed by atoms with Gasteiger partial charge in [-0.15, -0.1) is 15.0 Å². The molecule has 7 heteroatoms. The summed E-state index contributed by atoms with van der Waals surface area (Å²) < 4.78 is 0. The summed E-state index contributed by atoms with van der Waals surface area (Å²) in [6.45, 7) is 0. The van der Waals surface area contributed by atoms with E-state index in [-0.39, 0.29) is 11.5 Å². The van der Waals surface area contributed by atoms with Gasteiger partial charge < -0.3 is 10.8 Å². The number of carboxylic acid groups (broad SMARTS) is 1. The normalized spacial score (nSPS) is 10.3. The smallest absolute Gasteiger partial charge is 0.360 e. The van der Waals surface area contributed by atoms with Crippen LogP contribution in [0.5, 0.6) is 0 Å². The lowest BCUT2D eigenvalue weighted by Gasteiger charge is -2.00. The number of carboxylic acids is 1. The standard InChI is InChI=1S/C9H7ClN4O2/c10-5-3-1-2-4-6(5)14-12-7(9(15)16)8(11)13-14/h1-4H,(H2,11,13)(H,15,16). The van der Waals surface area contributed by atoms with Gasteiger partial charge in [0.15, 0.2) is 5.82 Å². The van der Waals surface area contributed by atoms with Gasteiger partial charge in [0.2, 0.25) is 5.69 Å². The fourth-order valence-electron chi connectivity index (χ4n) is 1.19. The van der Waals surface area contributed by atoms with Crippen LogP contribution in [0.25, 0.3) is 5.69 Å². The van der Waals surface area contributed by atoms with E-state index in [1.54, 1.807) is 24.3 Å². The molecule has 1 aromatic heterocycles. The number of halogens is 1. The van der Waals surface area contributed by atoms with Gasteiger partial charge in [0.05, 0.1) is 5.02 Å². The van der Waals surface area contributed by atoms with Crippen molar-refractivity contribution in [3.05, 3.63) is 35.0 Å². The number of benzene rings is 1. The Bertz CT molecular complexity index is 552. The topological polar surface area (TPSA) is 94.0 Å². The van der Waals surface area contributed by atoms with E-state index in [1.807, 2.05) is 0 Å². The number of nitrogen functional groups attached to an aromatic ring is 1. The molecule has 0 bridgehead atoms. The van der Waals surface area contributed by atoms with E-state index in [0.29, 0.717) is 10.7 Å². The predicted molar refractivity (Wildman–Crippen MR) is 57.7 cm³/mol. The summed E-state index contributed by atoms with van der Waals surface area (Å²) in [4.78, 5) is 11.8. The Morgan fingerprint density at radius 1 is 1.38 bits per heavy atom. The third-order valence-electron chi connectivity index (χ3n) is 1.91. The molecule has 0 amide bonds. The van der Waals surface area contributed by atoms with Crippen LogP contribution in [0.15, 0.2) is 24.3 Å². The monoisotopic (exact) mass is 238 g/mol. The van der Waals surface area contributed by atoms with Gasteiger partial charge in [-0.05, 0) is 12.1 Å². The highest BCUT2D eigenvalue weighted by molar-refractivity contribution is 6.32. The summed E-state index contributed by atoms with van der Waals surface area (Å²) in [7, 11) is 0. The summed E-state index contributed by atoms with van der Waals surface area (Å²) in [6.07, 6.45) is 0. The molecule has 6 nitrogen and oxygen atoms in total. The Hall–Kier alpha value is -2.08. The number of para-hydroxylation sites is 1. The molecule has 0 saturated carbocycles. The molecule has 82 valence electrons. The number of aromatic carboxylic acids is 1. The van der Waals surface area contributed by atoms with Gasteiger partial charge in [-0.25, -0.2) is 4.79 Å². The Labute approximate surface area is 95.2 Å². The molecule has 0 atom stereocenters. The van der Waals surface area contributed by atoms with Gasteiger partial charge in [-0.2, -0.15) is 0 Å². The summed E-state index contributed by atoms with van der Waals surface area (Å²) in [5, 5.41) is 16.7. The lowest BCUT2D eigenvalue weighted by Crippen LogP contribution is -2.03. The molecule has 2 aromatic rings. The van der Waals surface area contributed by atoms with Crippen molar-refractivity contribution >= 4 is 23.4 Å². The van der Waals surface area contributed by atoms with E-state index in [9.17, 15) is 4.79 Å². The third kappa shape index (κ3) is 1.70. The second-order valence-electron chi connectivity index (χ2n) is 2.98. The molecule has 0 radical (unpaired) electrons. The number of rotatable bonds is 2. The number of hydrogen-bond acceptors (Lipinski definition) is 4. The van der Waals surface area contributed by atoms with E-state index in [2.05, 4.69) is 10.2 Å².